The highest BCUT2D eigenvalue weighted by atomic mass is 35.5. The first-order chi connectivity index (χ1) is 18.3. The molecule has 4 aromatic carbocycles. The summed E-state index contributed by atoms with van der Waals surface area (Å²) in [5, 5.41) is 3.02. The first-order valence-corrected chi connectivity index (χ1v) is 13.6. The Morgan fingerprint density at radius 3 is 2.13 bits per heavy atom. The van der Waals surface area contributed by atoms with Crippen LogP contribution >= 0.6 is 11.6 Å². The normalized spacial score (nSPS) is 11.0. The van der Waals surface area contributed by atoms with Crippen LogP contribution in [0.4, 0.5) is 11.4 Å². The van der Waals surface area contributed by atoms with Gasteiger partial charge in [-0.2, -0.15) is 0 Å². The van der Waals surface area contributed by atoms with Gasteiger partial charge in [0.05, 0.1) is 22.9 Å². The minimum Gasteiger partial charge on any atom is -0.494 e. The highest BCUT2D eigenvalue weighted by Gasteiger charge is 2.28. The van der Waals surface area contributed by atoms with E-state index in [0.29, 0.717) is 28.6 Å². The molecule has 0 radical (unpaired) electrons. The van der Waals surface area contributed by atoms with Crippen LogP contribution in [0.5, 0.6) is 5.75 Å². The van der Waals surface area contributed by atoms with Crippen molar-refractivity contribution >= 4 is 44.7 Å². The number of anilines is 2. The first-order valence-electron chi connectivity index (χ1n) is 11.8. The van der Waals surface area contributed by atoms with Crippen molar-refractivity contribution in [2.24, 2.45) is 0 Å². The number of halogens is 1. The molecule has 0 atom stereocenters. The minimum atomic E-state index is -4.12. The van der Waals surface area contributed by atoms with Crippen LogP contribution in [0.3, 0.4) is 0 Å². The maximum absolute atomic E-state index is 13.6. The number of benzene rings is 4. The minimum absolute atomic E-state index is 0.00374. The van der Waals surface area contributed by atoms with E-state index in [0.717, 1.165) is 4.31 Å². The van der Waals surface area contributed by atoms with E-state index in [-0.39, 0.29) is 21.9 Å². The van der Waals surface area contributed by atoms with Crippen molar-refractivity contribution in [3.05, 3.63) is 119 Å². The van der Waals surface area contributed by atoms with Gasteiger partial charge in [-0.3, -0.25) is 13.9 Å². The van der Waals surface area contributed by atoms with Crippen LogP contribution in [0.25, 0.3) is 0 Å². The third-order valence-electron chi connectivity index (χ3n) is 5.59. The highest BCUT2D eigenvalue weighted by Crippen LogP contribution is 2.27. The second-order valence-corrected chi connectivity index (χ2v) is 10.5. The third kappa shape index (κ3) is 6.22. The van der Waals surface area contributed by atoms with Crippen molar-refractivity contribution in [1.29, 1.82) is 0 Å². The molecule has 4 rings (SSSR count). The molecule has 7 nitrogen and oxygen atoms in total. The van der Waals surface area contributed by atoms with Gasteiger partial charge < -0.3 is 10.1 Å². The van der Waals surface area contributed by atoms with Crippen molar-refractivity contribution in [3.8, 4) is 5.75 Å². The standard InChI is InChI=1S/C29H25ClN2O5S/c1-2-37-24-14-16-25(17-15-24)38(35,36)32(23-11-7-4-8-12-23)20-28(33)31-27-18-13-22(30)19-26(27)29(34)21-9-5-3-6-10-21/h3-19H,2,20H2,1H3,(H,31,33). The predicted molar refractivity (Wildman–Crippen MR) is 149 cm³/mol. The molecule has 0 spiro atoms. The number of ether oxygens (including phenoxy) is 1. The second kappa shape index (κ2) is 11.9. The lowest BCUT2D eigenvalue weighted by molar-refractivity contribution is -0.114. The fourth-order valence-electron chi connectivity index (χ4n) is 3.79. The zero-order valence-corrected chi connectivity index (χ0v) is 22.1. The van der Waals surface area contributed by atoms with Crippen molar-refractivity contribution in [2.45, 2.75) is 11.8 Å². The van der Waals surface area contributed by atoms with E-state index in [1.165, 1.54) is 24.3 Å². The molecule has 194 valence electrons. The predicted octanol–water partition coefficient (Wildman–Crippen LogP) is 5.80. The van der Waals surface area contributed by atoms with Crippen LogP contribution < -0.4 is 14.4 Å². The van der Waals surface area contributed by atoms with Crippen LogP contribution in [0, 0.1) is 0 Å². The van der Waals surface area contributed by atoms with E-state index in [1.807, 2.05) is 6.92 Å². The second-order valence-electron chi connectivity index (χ2n) is 8.18. The van der Waals surface area contributed by atoms with E-state index in [4.69, 9.17) is 16.3 Å². The molecule has 0 heterocycles. The Balaban J connectivity index is 1.64. The van der Waals surface area contributed by atoms with E-state index in [2.05, 4.69) is 5.32 Å². The van der Waals surface area contributed by atoms with Crippen molar-refractivity contribution < 1.29 is 22.7 Å². The van der Waals surface area contributed by atoms with Gasteiger partial charge in [0, 0.05) is 16.1 Å². The van der Waals surface area contributed by atoms with Crippen molar-refractivity contribution in [2.75, 3.05) is 22.8 Å². The Morgan fingerprint density at radius 2 is 1.50 bits per heavy atom. The maximum atomic E-state index is 13.6. The zero-order valence-electron chi connectivity index (χ0n) is 20.5. The number of nitrogens with one attached hydrogen (secondary N) is 1. The number of amides is 1. The fraction of sp³-hybridized carbons (Fsp3) is 0.103. The smallest absolute Gasteiger partial charge is 0.264 e. The summed E-state index contributed by atoms with van der Waals surface area (Å²) in [6.45, 7) is 1.75. The Kier molecular flexibility index (Phi) is 8.45. The first kappa shape index (κ1) is 26.9. The molecule has 4 aromatic rings. The van der Waals surface area contributed by atoms with Crippen molar-refractivity contribution in [3.63, 3.8) is 0 Å². The molecule has 0 aliphatic heterocycles. The lowest BCUT2D eigenvalue weighted by atomic mass is 10.0. The summed E-state index contributed by atoms with van der Waals surface area (Å²) < 4.78 is 33.7. The van der Waals surface area contributed by atoms with Crippen LogP contribution in [-0.2, 0) is 14.8 Å². The average molecular weight is 549 g/mol. The summed E-state index contributed by atoms with van der Waals surface area (Å²) in [6, 6.07) is 27.4. The van der Waals surface area contributed by atoms with Gasteiger partial charge in [0.25, 0.3) is 10.0 Å². The number of carbonyl (C=O) groups excluding carboxylic acids is 2. The van der Waals surface area contributed by atoms with Crippen LogP contribution in [0.15, 0.2) is 108 Å². The average Bonchev–Trinajstić information content (AvgIpc) is 2.93. The Labute approximate surface area is 226 Å². The molecule has 0 aliphatic rings. The number of para-hydroxylation sites is 1. The van der Waals surface area contributed by atoms with E-state index >= 15 is 0 Å². The molecule has 0 unspecified atom stereocenters. The summed E-state index contributed by atoms with van der Waals surface area (Å²) in [5.41, 5.74) is 1.15. The van der Waals surface area contributed by atoms with Gasteiger partial charge in [0.2, 0.25) is 5.91 Å². The topological polar surface area (TPSA) is 92.8 Å². The quantitative estimate of drug-likeness (QED) is 0.253. The van der Waals surface area contributed by atoms with Crippen LogP contribution in [0.1, 0.15) is 22.8 Å². The fourth-order valence-corrected chi connectivity index (χ4v) is 5.38. The summed E-state index contributed by atoms with van der Waals surface area (Å²) in [7, 11) is -4.12. The Morgan fingerprint density at radius 1 is 0.868 bits per heavy atom. The molecule has 0 aliphatic carbocycles. The van der Waals surface area contributed by atoms with Gasteiger partial charge in [-0.15, -0.1) is 0 Å². The van der Waals surface area contributed by atoms with E-state index in [1.54, 1.807) is 78.9 Å². The molecular weight excluding hydrogens is 524 g/mol. The van der Waals surface area contributed by atoms with Gasteiger partial charge in [-0.05, 0) is 61.5 Å². The SMILES string of the molecule is CCOc1ccc(S(=O)(=O)N(CC(=O)Nc2ccc(Cl)cc2C(=O)c2ccccc2)c2ccccc2)cc1. The van der Waals surface area contributed by atoms with Crippen molar-refractivity contribution in [1.82, 2.24) is 0 Å². The number of rotatable bonds is 10. The largest absolute Gasteiger partial charge is 0.494 e. The number of nitrogens with zero attached hydrogens (tertiary/aromatic N) is 1. The molecule has 0 saturated carbocycles. The van der Waals surface area contributed by atoms with Crippen LogP contribution in [0.2, 0.25) is 5.02 Å². The molecule has 0 fully saturated rings. The third-order valence-corrected chi connectivity index (χ3v) is 7.61. The number of sulfonamides is 1. The molecule has 1 amide bonds. The number of ketones is 1. The Bertz CT molecular complexity index is 1530. The summed E-state index contributed by atoms with van der Waals surface area (Å²) in [6.07, 6.45) is 0. The molecule has 1 N–H and O–H groups in total. The molecule has 0 aromatic heterocycles. The molecule has 0 saturated heterocycles. The maximum Gasteiger partial charge on any atom is 0.264 e. The molecule has 0 bridgehead atoms. The summed E-state index contributed by atoms with van der Waals surface area (Å²) >= 11 is 6.15. The number of hydrogen-bond donors (Lipinski definition) is 1. The summed E-state index contributed by atoms with van der Waals surface area (Å²) in [5.74, 6) is -0.424. The summed E-state index contributed by atoms with van der Waals surface area (Å²) in [4.78, 5) is 26.4. The lowest BCUT2D eigenvalue weighted by Crippen LogP contribution is -2.38. The van der Waals surface area contributed by atoms with E-state index < -0.39 is 22.5 Å². The van der Waals surface area contributed by atoms with Gasteiger partial charge in [-0.25, -0.2) is 8.42 Å². The zero-order chi connectivity index (χ0) is 27.1. The molecule has 9 heteroatoms. The monoisotopic (exact) mass is 548 g/mol. The van der Waals surface area contributed by atoms with Gasteiger partial charge in [0.1, 0.15) is 12.3 Å². The van der Waals surface area contributed by atoms with Gasteiger partial charge in [0.15, 0.2) is 5.78 Å². The van der Waals surface area contributed by atoms with E-state index in [9.17, 15) is 18.0 Å². The molecule has 38 heavy (non-hydrogen) atoms. The lowest BCUT2D eigenvalue weighted by Gasteiger charge is -2.24. The highest BCUT2D eigenvalue weighted by molar-refractivity contribution is 7.92. The van der Waals surface area contributed by atoms with Crippen LogP contribution in [-0.4, -0.2) is 33.3 Å². The number of carbonyl (C=O) groups is 2. The van der Waals surface area contributed by atoms with Gasteiger partial charge in [-0.1, -0.05) is 60.1 Å². The number of hydrogen-bond acceptors (Lipinski definition) is 5. The molecular formula is C29H25ClN2O5S. The Hall–Kier alpha value is -4.14. The van der Waals surface area contributed by atoms with Gasteiger partial charge >= 0.3 is 0 Å².